The molecule has 2 heterocycles. The number of nitrogens with one attached hydrogen (secondary N) is 1. The molecule has 0 fully saturated rings. The molecule has 1 N–H and O–H groups in total. The van der Waals surface area contributed by atoms with Crippen LogP contribution in [0.5, 0.6) is 0 Å². The van der Waals surface area contributed by atoms with E-state index in [-0.39, 0.29) is 0 Å². The maximum absolute atomic E-state index is 4.75. The number of anilines is 1. The summed E-state index contributed by atoms with van der Waals surface area (Å²) in [5.41, 5.74) is 1.50. The average molecular weight is 261 g/mol. The Bertz CT molecular complexity index is 586. The van der Waals surface area contributed by atoms with E-state index in [1.807, 2.05) is 18.4 Å². The second-order valence-corrected chi connectivity index (χ2v) is 6.46. The normalized spacial score (nSPS) is 14.4. The van der Waals surface area contributed by atoms with Crippen molar-refractivity contribution in [2.75, 3.05) is 12.4 Å². The summed E-state index contributed by atoms with van der Waals surface area (Å²) >= 11 is 1.87. The Balaban J connectivity index is 2.17. The van der Waals surface area contributed by atoms with Crippen LogP contribution in [0.15, 0.2) is 0 Å². The molecule has 0 aromatic carbocycles. The van der Waals surface area contributed by atoms with Gasteiger partial charge in [0.1, 0.15) is 16.5 Å². The Hall–Kier alpha value is -1.16. The number of aromatic nitrogens is 2. The smallest absolute Gasteiger partial charge is 0.138 e. The lowest BCUT2D eigenvalue weighted by Gasteiger charge is -2.08. The monoisotopic (exact) mass is 261 g/mol. The maximum atomic E-state index is 4.75. The fourth-order valence-electron chi connectivity index (χ4n) is 2.68. The van der Waals surface area contributed by atoms with Gasteiger partial charge in [0.15, 0.2) is 0 Å². The number of hydrogen-bond acceptors (Lipinski definition) is 4. The number of fused-ring (bicyclic) bond motifs is 3. The summed E-state index contributed by atoms with van der Waals surface area (Å²) in [5.74, 6) is 2.59. The zero-order valence-electron chi connectivity index (χ0n) is 11.2. The van der Waals surface area contributed by atoms with E-state index in [9.17, 15) is 0 Å². The molecule has 1 aliphatic carbocycles. The van der Waals surface area contributed by atoms with Crippen molar-refractivity contribution < 1.29 is 0 Å². The highest BCUT2D eigenvalue weighted by Crippen LogP contribution is 2.39. The minimum absolute atomic E-state index is 0.596. The summed E-state index contributed by atoms with van der Waals surface area (Å²) in [7, 11) is 1.96. The summed E-state index contributed by atoms with van der Waals surface area (Å²) in [6, 6.07) is 0. The molecule has 0 radical (unpaired) electrons. The van der Waals surface area contributed by atoms with Gasteiger partial charge in [-0.25, -0.2) is 9.97 Å². The lowest BCUT2D eigenvalue weighted by atomic mass is 10.1. The molecule has 0 bridgehead atoms. The molecular weight excluding hydrogens is 242 g/mol. The summed E-state index contributed by atoms with van der Waals surface area (Å²) in [6.45, 7) is 4.42. The molecule has 0 unspecified atom stereocenters. The molecule has 1 aliphatic rings. The molecular formula is C14H19N3S. The molecule has 3 nitrogen and oxygen atoms in total. The molecule has 0 spiro atoms. The standard InChI is InChI=1S/C14H19N3S/c1-8(2)7-11-16-13(15-3)12-9-5-4-6-10(9)18-14(12)17-11/h8H,4-7H2,1-3H3,(H,15,16,17). The van der Waals surface area contributed by atoms with Crippen LogP contribution in [0.1, 0.15) is 36.5 Å². The van der Waals surface area contributed by atoms with Gasteiger partial charge < -0.3 is 5.32 Å². The quantitative estimate of drug-likeness (QED) is 0.920. The van der Waals surface area contributed by atoms with Crippen molar-refractivity contribution in [3.05, 3.63) is 16.3 Å². The molecule has 3 rings (SSSR count). The molecule has 0 amide bonds. The molecule has 2 aromatic heterocycles. The molecule has 0 atom stereocenters. The molecule has 18 heavy (non-hydrogen) atoms. The molecule has 4 heteroatoms. The molecule has 96 valence electrons. The number of thiophene rings is 1. The van der Waals surface area contributed by atoms with Gasteiger partial charge in [0.2, 0.25) is 0 Å². The predicted molar refractivity (Wildman–Crippen MR) is 77.5 cm³/mol. The van der Waals surface area contributed by atoms with Gasteiger partial charge in [-0.3, -0.25) is 0 Å². The van der Waals surface area contributed by atoms with E-state index in [1.165, 1.54) is 39.9 Å². The highest BCUT2D eigenvalue weighted by atomic mass is 32.1. The molecule has 0 saturated heterocycles. The van der Waals surface area contributed by atoms with Crippen molar-refractivity contribution in [3.8, 4) is 0 Å². The van der Waals surface area contributed by atoms with E-state index < -0.39 is 0 Å². The lowest BCUT2D eigenvalue weighted by Crippen LogP contribution is -2.04. The molecule has 0 aliphatic heterocycles. The Morgan fingerprint density at radius 2 is 2.11 bits per heavy atom. The Morgan fingerprint density at radius 3 is 2.83 bits per heavy atom. The van der Waals surface area contributed by atoms with E-state index >= 15 is 0 Å². The summed E-state index contributed by atoms with van der Waals surface area (Å²) < 4.78 is 0. The van der Waals surface area contributed by atoms with Crippen LogP contribution in [-0.4, -0.2) is 17.0 Å². The van der Waals surface area contributed by atoms with Crippen molar-refractivity contribution in [2.24, 2.45) is 5.92 Å². The van der Waals surface area contributed by atoms with Crippen LogP contribution in [0.25, 0.3) is 10.2 Å². The third-order valence-corrected chi connectivity index (χ3v) is 4.62. The summed E-state index contributed by atoms with van der Waals surface area (Å²) in [5, 5.41) is 4.54. The Labute approximate surface area is 112 Å². The summed E-state index contributed by atoms with van der Waals surface area (Å²) in [6.07, 6.45) is 4.65. The van der Waals surface area contributed by atoms with E-state index in [0.29, 0.717) is 5.92 Å². The van der Waals surface area contributed by atoms with Crippen LogP contribution in [0.2, 0.25) is 0 Å². The number of hydrogen-bond donors (Lipinski definition) is 1. The van der Waals surface area contributed by atoms with E-state index in [1.54, 1.807) is 0 Å². The van der Waals surface area contributed by atoms with Gasteiger partial charge in [-0.1, -0.05) is 13.8 Å². The van der Waals surface area contributed by atoms with Crippen LogP contribution in [0.4, 0.5) is 5.82 Å². The first-order valence-corrected chi connectivity index (χ1v) is 7.49. The molecule has 0 saturated carbocycles. The number of nitrogens with zero attached hydrogens (tertiary/aromatic N) is 2. The fourth-order valence-corrected chi connectivity index (χ4v) is 3.96. The van der Waals surface area contributed by atoms with Gasteiger partial charge in [0.25, 0.3) is 0 Å². The van der Waals surface area contributed by atoms with Crippen molar-refractivity contribution in [1.29, 1.82) is 0 Å². The third kappa shape index (κ3) is 1.88. The minimum atomic E-state index is 0.596. The average Bonchev–Trinajstić information content (AvgIpc) is 2.86. The number of aryl methyl sites for hydroxylation is 2. The first kappa shape index (κ1) is 11.9. The zero-order valence-corrected chi connectivity index (χ0v) is 12.0. The van der Waals surface area contributed by atoms with Crippen LogP contribution in [-0.2, 0) is 19.3 Å². The zero-order chi connectivity index (χ0) is 12.7. The topological polar surface area (TPSA) is 37.8 Å². The maximum Gasteiger partial charge on any atom is 0.138 e. The lowest BCUT2D eigenvalue weighted by molar-refractivity contribution is 0.623. The largest absolute Gasteiger partial charge is 0.372 e. The minimum Gasteiger partial charge on any atom is -0.372 e. The van der Waals surface area contributed by atoms with Crippen LogP contribution >= 0.6 is 11.3 Å². The van der Waals surface area contributed by atoms with Gasteiger partial charge in [-0.05, 0) is 30.7 Å². The Kier molecular flexibility index (Phi) is 2.98. The van der Waals surface area contributed by atoms with Crippen molar-refractivity contribution in [2.45, 2.75) is 39.5 Å². The van der Waals surface area contributed by atoms with Crippen LogP contribution < -0.4 is 5.32 Å². The highest BCUT2D eigenvalue weighted by Gasteiger charge is 2.21. The second kappa shape index (κ2) is 4.50. The van der Waals surface area contributed by atoms with Crippen LogP contribution in [0.3, 0.4) is 0 Å². The van der Waals surface area contributed by atoms with E-state index in [0.717, 1.165) is 18.1 Å². The van der Waals surface area contributed by atoms with Gasteiger partial charge in [-0.2, -0.15) is 0 Å². The van der Waals surface area contributed by atoms with Gasteiger partial charge in [-0.15, -0.1) is 11.3 Å². The molecule has 2 aromatic rings. The summed E-state index contributed by atoms with van der Waals surface area (Å²) in [4.78, 5) is 12.1. The van der Waals surface area contributed by atoms with Crippen LogP contribution in [0, 0.1) is 5.92 Å². The van der Waals surface area contributed by atoms with Gasteiger partial charge in [0.05, 0.1) is 5.39 Å². The van der Waals surface area contributed by atoms with E-state index in [2.05, 4.69) is 19.2 Å². The van der Waals surface area contributed by atoms with Gasteiger partial charge in [0, 0.05) is 18.3 Å². The van der Waals surface area contributed by atoms with Crippen molar-refractivity contribution in [1.82, 2.24) is 9.97 Å². The SMILES string of the molecule is CNc1nc(CC(C)C)nc2sc3c(c12)CCC3. The number of rotatable bonds is 3. The second-order valence-electron chi connectivity index (χ2n) is 5.37. The van der Waals surface area contributed by atoms with Gasteiger partial charge >= 0.3 is 0 Å². The fraction of sp³-hybridized carbons (Fsp3) is 0.571. The first-order chi connectivity index (χ1) is 8.69. The van der Waals surface area contributed by atoms with Crippen molar-refractivity contribution >= 4 is 27.4 Å². The van der Waals surface area contributed by atoms with E-state index in [4.69, 9.17) is 9.97 Å². The van der Waals surface area contributed by atoms with Crippen molar-refractivity contribution in [3.63, 3.8) is 0 Å². The first-order valence-electron chi connectivity index (χ1n) is 6.68. The highest BCUT2D eigenvalue weighted by molar-refractivity contribution is 7.19. The predicted octanol–water partition coefficient (Wildman–Crippen LogP) is 3.42. The Morgan fingerprint density at radius 1 is 1.28 bits per heavy atom. The third-order valence-electron chi connectivity index (χ3n) is 3.44.